The summed E-state index contributed by atoms with van der Waals surface area (Å²) in [5, 5.41) is 4.48. The Hall–Kier alpha value is -3.41. The highest BCUT2D eigenvalue weighted by Crippen LogP contribution is 2.42. The molecule has 0 aliphatic carbocycles. The molecule has 0 saturated heterocycles. The number of benzene rings is 1. The fourth-order valence-corrected chi connectivity index (χ4v) is 3.63. The number of aromatic nitrogens is 4. The minimum atomic E-state index is -0.0323. The summed E-state index contributed by atoms with van der Waals surface area (Å²) in [5.41, 5.74) is 3.18. The van der Waals surface area contributed by atoms with E-state index in [1.807, 2.05) is 48.9 Å². The fourth-order valence-electron chi connectivity index (χ4n) is 3.63. The van der Waals surface area contributed by atoms with Crippen LogP contribution in [0.15, 0.2) is 61.1 Å². The lowest BCUT2D eigenvalue weighted by Crippen LogP contribution is -2.25. The summed E-state index contributed by atoms with van der Waals surface area (Å²) in [6.45, 7) is 5.25. The van der Waals surface area contributed by atoms with E-state index in [4.69, 9.17) is 4.98 Å². The number of H-pyrrole nitrogens is 1. The number of nitrogens with one attached hydrogen (secondary N) is 2. The van der Waals surface area contributed by atoms with Gasteiger partial charge in [0, 0.05) is 52.7 Å². The number of hydrogen-bond acceptors (Lipinski definition) is 5. The van der Waals surface area contributed by atoms with Crippen molar-refractivity contribution in [2.75, 3.05) is 16.8 Å². The van der Waals surface area contributed by atoms with Crippen LogP contribution in [0.1, 0.15) is 19.4 Å². The second kappa shape index (κ2) is 5.81. The number of aromatic amines is 1. The molecule has 3 aromatic heterocycles. The molecule has 0 radical (unpaired) electrons. The van der Waals surface area contributed by atoms with Gasteiger partial charge in [0.25, 0.3) is 0 Å². The molecule has 5 rings (SSSR count). The van der Waals surface area contributed by atoms with E-state index >= 15 is 0 Å². The Kier molecular flexibility index (Phi) is 3.40. The third-order valence-electron chi connectivity index (χ3n) is 5.04. The fraction of sp³-hybridized carbons (Fsp3) is 0.190. The molecule has 0 saturated carbocycles. The molecule has 4 aromatic rings. The molecule has 4 heterocycles. The van der Waals surface area contributed by atoms with Gasteiger partial charge in [0.15, 0.2) is 0 Å². The van der Waals surface area contributed by atoms with Gasteiger partial charge in [0.2, 0.25) is 5.95 Å². The van der Waals surface area contributed by atoms with Gasteiger partial charge < -0.3 is 15.2 Å². The number of nitrogens with zero attached hydrogens (tertiary/aromatic N) is 4. The molecule has 134 valence electrons. The molecular weight excluding hydrogens is 336 g/mol. The Labute approximate surface area is 157 Å². The Morgan fingerprint density at radius 3 is 2.89 bits per heavy atom. The third-order valence-corrected chi connectivity index (χ3v) is 5.04. The van der Waals surface area contributed by atoms with Crippen molar-refractivity contribution < 1.29 is 0 Å². The molecule has 1 aliphatic heterocycles. The Bertz CT molecular complexity index is 1120. The van der Waals surface area contributed by atoms with Crippen molar-refractivity contribution in [2.45, 2.75) is 19.3 Å². The van der Waals surface area contributed by atoms with Gasteiger partial charge in [0.05, 0.1) is 0 Å². The standard InChI is InChI=1S/C21H20N6/c1-21(2)13-27(18-5-3-4-9-23-18)19-16(21)12-24-20(26-19)25-15-6-7-17-14(11-15)8-10-22-17/h3-12,22H,13H2,1-2H3,(H,24,25,26). The van der Waals surface area contributed by atoms with E-state index < -0.39 is 0 Å². The van der Waals surface area contributed by atoms with Crippen molar-refractivity contribution >= 4 is 34.2 Å². The first kappa shape index (κ1) is 15.8. The van der Waals surface area contributed by atoms with Crippen molar-refractivity contribution in [3.63, 3.8) is 0 Å². The third kappa shape index (κ3) is 2.70. The van der Waals surface area contributed by atoms with E-state index in [-0.39, 0.29) is 5.41 Å². The van der Waals surface area contributed by atoms with Crippen molar-refractivity contribution in [3.8, 4) is 0 Å². The lowest BCUT2D eigenvalue weighted by atomic mass is 9.89. The van der Waals surface area contributed by atoms with Crippen LogP contribution in [-0.2, 0) is 5.41 Å². The van der Waals surface area contributed by atoms with Crippen molar-refractivity contribution in [3.05, 3.63) is 66.6 Å². The second-order valence-electron chi connectivity index (χ2n) is 7.49. The predicted octanol–water partition coefficient (Wildman–Crippen LogP) is 4.53. The van der Waals surface area contributed by atoms with E-state index in [0.717, 1.165) is 40.3 Å². The van der Waals surface area contributed by atoms with E-state index in [9.17, 15) is 0 Å². The van der Waals surface area contributed by atoms with Crippen LogP contribution in [0.25, 0.3) is 10.9 Å². The molecule has 0 fully saturated rings. The zero-order chi connectivity index (χ0) is 18.4. The normalized spacial score (nSPS) is 15.1. The summed E-state index contributed by atoms with van der Waals surface area (Å²) in [7, 11) is 0. The topological polar surface area (TPSA) is 69.7 Å². The Morgan fingerprint density at radius 2 is 2.04 bits per heavy atom. The largest absolute Gasteiger partial charge is 0.361 e. The molecule has 0 bridgehead atoms. The average Bonchev–Trinajstić information content (AvgIpc) is 3.24. The summed E-state index contributed by atoms with van der Waals surface area (Å²) in [4.78, 5) is 19.3. The molecular formula is C21H20N6. The molecule has 1 aliphatic rings. The quantitative estimate of drug-likeness (QED) is 0.564. The van der Waals surface area contributed by atoms with Crippen molar-refractivity contribution in [2.24, 2.45) is 0 Å². The van der Waals surface area contributed by atoms with Gasteiger partial charge in [-0.1, -0.05) is 19.9 Å². The van der Waals surface area contributed by atoms with Crippen LogP contribution in [-0.4, -0.2) is 26.5 Å². The van der Waals surface area contributed by atoms with Gasteiger partial charge in [-0.15, -0.1) is 0 Å². The van der Waals surface area contributed by atoms with E-state index in [1.54, 1.807) is 0 Å². The average molecular weight is 356 g/mol. The SMILES string of the molecule is CC1(C)CN(c2ccccn2)c2nc(Nc3ccc4[nH]ccc4c3)ncc21. The molecule has 0 unspecified atom stereocenters. The van der Waals surface area contributed by atoms with Crippen LogP contribution in [0.4, 0.5) is 23.3 Å². The number of fused-ring (bicyclic) bond motifs is 2. The summed E-state index contributed by atoms with van der Waals surface area (Å²) >= 11 is 0. The maximum Gasteiger partial charge on any atom is 0.229 e. The van der Waals surface area contributed by atoms with Crippen LogP contribution in [0.5, 0.6) is 0 Å². The van der Waals surface area contributed by atoms with Crippen LogP contribution in [0.2, 0.25) is 0 Å². The minimum Gasteiger partial charge on any atom is -0.361 e. The van der Waals surface area contributed by atoms with Gasteiger partial charge in [-0.2, -0.15) is 4.98 Å². The summed E-state index contributed by atoms with van der Waals surface area (Å²) in [6, 6.07) is 14.2. The monoisotopic (exact) mass is 356 g/mol. The Balaban J connectivity index is 1.52. The minimum absolute atomic E-state index is 0.0323. The molecule has 1 aromatic carbocycles. The lowest BCUT2D eigenvalue weighted by Gasteiger charge is -2.20. The highest BCUT2D eigenvalue weighted by atomic mass is 15.3. The Morgan fingerprint density at radius 1 is 1.11 bits per heavy atom. The lowest BCUT2D eigenvalue weighted by molar-refractivity contribution is 0.566. The first-order chi connectivity index (χ1) is 13.1. The van der Waals surface area contributed by atoms with E-state index in [0.29, 0.717) is 5.95 Å². The summed E-state index contributed by atoms with van der Waals surface area (Å²) in [6.07, 6.45) is 5.68. The number of anilines is 4. The molecule has 6 nitrogen and oxygen atoms in total. The first-order valence-electron chi connectivity index (χ1n) is 9.00. The first-order valence-corrected chi connectivity index (χ1v) is 9.00. The van der Waals surface area contributed by atoms with Crippen LogP contribution in [0, 0.1) is 0 Å². The maximum absolute atomic E-state index is 4.83. The number of pyridine rings is 1. The molecule has 2 N–H and O–H groups in total. The van der Waals surface area contributed by atoms with Crippen LogP contribution >= 0.6 is 0 Å². The molecule has 0 spiro atoms. The molecule has 6 heteroatoms. The smallest absolute Gasteiger partial charge is 0.229 e. The predicted molar refractivity (Wildman–Crippen MR) is 108 cm³/mol. The second-order valence-corrected chi connectivity index (χ2v) is 7.49. The van der Waals surface area contributed by atoms with Gasteiger partial charge in [-0.3, -0.25) is 0 Å². The van der Waals surface area contributed by atoms with Crippen molar-refractivity contribution in [1.29, 1.82) is 0 Å². The zero-order valence-electron chi connectivity index (χ0n) is 15.3. The van der Waals surface area contributed by atoms with Gasteiger partial charge in [-0.25, -0.2) is 9.97 Å². The molecule has 0 atom stereocenters. The van der Waals surface area contributed by atoms with Gasteiger partial charge in [-0.05, 0) is 36.4 Å². The molecule has 27 heavy (non-hydrogen) atoms. The van der Waals surface area contributed by atoms with Crippen molar-refractivity contribution in [1.82, 2.24) is 19.9 Å². The van der Waals surface area contributed by atoms with Crippen LogP contribution in [0.3, 0.4) is 0 Å². The summed E-state index contributed by atoms with van der Waals surface area (Å²) in [5.74, 6) is 2.41. The number of hydrogen-bond donors (Lipinski definition) is 2. The van der Waals surface area contributed by atoms with Gasteiger partial charge in [0.1, 0.15) is 11.6 Å². The molecule has 0 amide bonds. The van der Waals surface area contributed by atoms with Gasteiger partial charge >= 0.3 is 0 Å². The van der Waals surface area contributed by atoms with Crippen LogP contribution < -0.4 is 10.2 Å². The van der Waals surface area contributed by atoms with E-state index in [2.05, 4.69) is 51.1 Å². The number of rotatable bonds is 3. The van der Waals surface area contributed by atoms with E-state index in [1.165, 1.54) is 0 Å². The summed E-state index contributed by atoms with van der Waals surface area (Å²) < 4.78 is 0. The maximum atomic E-state index is 4.83. The highest BCUT2D eigenvalue weighted by molar-refractivity contribution is 5.83. The zero-order valence-corrected chi connectivity index (χ0v) is 15.3. The highest BCUT2D eigenvalue weighted by Gasteiger charge is 2.38.